The van der Waals surface area contributed by atoms with Crippen molar-refractivity contribution in [2.75, 3.05) is 6.61 Å². The zero-order chi connectivity index (χ0) is 32.1. The van der Waals surface area contributed by atoms with E-state index >= 15 is 8.78 Å². The summed E-state index contributed by atoms with van der Waals surface area (Å²) < 4.78 is 46.4. The summed E-state index contributed by atoms with van der Waals surface area (Å²) in [6, 6.07) is 16.2. The second kappa shape index (κ2) is 10.2. The lowest BCUT2D eigenvalue weighted by molar-refractivity contribution is -0.235. The fourth-order valence-corrected chi connectivity index (χ4v) is 9.79. The number of halogens is 2. The highest BCUT2D eigenvalue weighted by molar-refractivity contribution is 6.01. The predicted molar refractivity (Wildman–Crippen MR) is 163 cm³/mol. The number of aliphatic hydroxyl groups excluding tert-OH is 2. The molecule has 8 heteroatoms. The number of ether oxygens (including phenoxy) is 2. The van der Waals surface area contributed by atoms with Gasteiger partial charge in [0.1, 0.15) is 12.8 Å². The van der Waals surface area contributed by atoms with Gasteiger partial charge in [0.2, 0.25) is 0 Å². The van der Waals surface area contributed by atoms with E-state index in [0.29, 0.717) is 5.56 Å². The third-order valence-corrected chi connectivity index (χ3v) is 12.2. The number of benzene rings is 2. The standard InChI is InChI=1S/C37H40F2O6/c1-20-6-5-7-24(14-20)21(2)22-8-10-23(11-9-22)33-44-32-17-26-27-16-29(38)28-15-25(41)12-13-34(28,3)36(27,39)30(42)18-35(26,4)37(32,45-33)31(43)19-40/h5-15,21,26-27,29-30,32-33,40,42H,16-19H2,1-4H3/t21-,26-,27-,29-,30-,32+,33-,34-,35-,36-,37+/m0/s1. The molecule has 0 amide bonds. The molecule has 0 spiro atoms. The van der Waals surface area contributed by atoms with Crippen molar-refractivity contribution in [1.29, 1.82) is 0 Å². The summed E-state index contributed by atoms with van der Waals surface area (Å²) >= 11 is 0. The monoisotopic (exact) mass is 618 g/mol. The normalized spacial score (nSPS) is 42.3. The second-order valence-corrected chi connectivity index (χ2v) is 14.3. The van der Waals surface area contributed by atoms with Gasteiger partial charge in [-0.15, -0.1) is 0 Å². The summed E-state index contributed by atoms with van der Waals surface area (Å²) in [7, 11) is 0. The van der Waals surface area contributed by atoms with Crippen molar-refractivity contribution >= 4 is 11.6 Å². The number of allylic oxidation sites excluding steroid dienone is 4. The number of ketones is 2. The molecule has 2 aromatic rings. The SMILES string of the molecule is Cc1cccc([C@@H](C)c2ccc([C@H]3O[C@@H]4C[C@H]5[C@@H]6C[C@H](F)C7=CC(=O)C=C[C@]7(C)[C@@]6(F)[C@@H](O)C[C@]5(C)[C@]4(C(=O)CO)O3)cc2)c1. The Labute approximate surface area is 262 Å². The Bertz CT molecular complexity index is 1620. The van der Waals surface area contributed by atoms with Crippen LogP contribution in [-0.4, -0.2) is 58.0 Å². The topological polar surface area (TPSA) is 93.1 Å². The van der Waals surface area contributed by atoms with Crippen LogP contribution in [0.2, 0.25) is 0 Å². The molecule has 2 aromatic carbocycles. The van der Waals surface area contributed by atoms with Crippen LogP contribution in [0, 0.1) is 29.6 Å². The average Bonchev–Trinajstić information content (AvgIpc) is 3.52. The van der Waals surface area contributed by atoms with Crippen molar-refractivity contribution in [3.05, 3.63) is 94.6 Å². The summed E-state index contributed by atoms with van der Waals surface area (Å²) in [5.41, 5.74) is -2.40. The van der Waals surface area contributed by atoms with Gasteiger partial charge >= 0.3 is 0 Å². The molecule has 1 aliphatic heterocycles. The molecular formula is C37H40F2O6. The third-order valence-electron chi connectivity index (χ3n) is 12.2. The minimum Gasteiger partial charge on any atom is -0.390 e. The van der Waals surface area contributed by atoms with E-state index in [-0.39, 0.29) is 30.8 Å². The molecule has 0 unspecified atom stereocenters. The van der Waals surface area contributed by atoms with Gasteiger partial charge in [-0.3, -0.25) is 9.59 Å². The Morgan fingerprint density at radius 1 is 1.09 bits per heavy atom. The van der Waals surface area contributed by atoms with E-state index in [4.69, 9.17) is 9.47 Å². The molecule has 7 rings (SSSR count). The average molecular weight is 619 g/mol. The maximum absolute atomic E-state index is 17.6. The molecule has 1 saturated heterocycles. The van der Waals surface area contributed by atoms with Crippen LogP contribution in [0.15, 0.2) is 72.3 Å². The van der Waals surface area contributed by atoms with Gasteiger partial charge in [0, 0.05) is 28.2 Å². The summed E-state index contributed by atoms with van der Waals surface area (Å²) in [5.74, 6) is -2.42. The Kier molecular flexibility index (Phi) is 6.96. The molecule has 0 aromatic heterocycles. The molecule has 11 atom stereocenters. The second-order valence-electron chi connectivity index (χ2n) is 14.3. The lowest BCUT2D eigenvalue weighted by Crippen LogP contribution is -2.70. The van der Waals surface area contributed by atoms with Crippen LogP contribution in [0.4, 0.5) is 8.78 Å². The first-order chi connectivity index (χ1) is 21.3. The number of aryl methyl sites for hydroxylation is 1. The first kappa shape index (κ1) is 30.6. The molecule has 5 aliphatic rings. The summed E-state index contributed by atoms with van der Waals surface area (Å²) in [6.07, 6.45) is -1.32. The zero-order valence-electron chi connectivity index (χ0n) is 26.0. The molecule has 0 radical (unpaired) electrons. The van der Waals surface area contributed by atoms with Gasteiger partial charge < -0.3 is 19.7 Å². The van der Waals surface area contributed by atoms with E-state index < -0.39 is 76.8 Å². The number of carbonyl (C=O) groups is 2. The molecular weight excluding hydrogens is 578 g/mol. The Balaban J connectivity index is 1.22. The number of rotatable bonds is 5. The van der Waals surface area contributed by atoms with Crippen LogP contribution in [0.25, 0.3) is 0 Å². The third kappa shape index (κ3) is 3.98. The quantitative estimate of drug-likeness (QED) is 0.441. The zero-order valence-corrected chi connectivity index (χ0v) is 26.0. The summed E-state index contributed by atoms with van der Waals surface area (Å²) in [4.78, 5) is 25.9. The number of alkyl halides is 2. The van der Waals surface area contributed by atoms with E-state index in [0.717, 1.165) is 11.6 Å². The first-order valence-corrected chi connectivity index (χ1v) is 15.9. The van der Waals surface area contributed by atoms with Crippen LogP contribution in [-0.2, 0) is 19.1 Å². The van der Waals surface area contributed by atoms with Crippen molar-refractivity contribution in [2.45, 2.75) is 88.8 Å². The lowest BCUT2D eigenvalue weighted by atomic mass is 9.44. The van der Waals surface area contributed by atoms with E-state index in [1.54, 1.807) is 13.8 Å². The highest BCUT2D eigenvalue weighted by Crippen LogP contribution is 2.72. The van der Waals surface area contributed by atoms with Crippen LogP contribution in [0.5, 0.6) is 0 Å². The number of hydrogen-bond acceptors (Lipinski definition) is 6. The van der Waals surface area contributed by atoms with E-state index in [1.807, 2.05) is 30.3 Å². The van der Waals surface area contributed by atoms with Crippen molar-refractivity contribution in [1.82, 2.24) is 0 Å². The highest BCUT2D eigenvalue weighted by Gasteiger charge is 2.80. The summed E-state index contributed by atoms with van der Waals surface area (Å²) in [6.45, 7) is 6.72. The van der Waals surface area contributed by atoms with Gasteiger partial charge in [-0.1, -0.05) is 74.0 Å². The molecule has 4 fully saturated rings. The van der Waals surface area contributed by atoms with E-state index in [1.165, 1.54) is 23.3 Å². The number of fused-ring (bicyclic) bond motifs is 7. The van der Waals surface area contributed by atoms with Crippen LogP contribution in [0.1, 0.15) is 74.5 Å². The molecule has 45 heavy (non-hydrogen) atoms. The van der Waals surface area contributed by atoms with E-state index in [2.05, 4.69) is 32.0 Å². The largest absolute Gasteiger partial charge is 0.390 e. The van der Waals surface area contributed by atoms with Crippen molar-refractivity contribution < 1.29 is 38.1 Å². The molecule has 4 aliphatic carbocycles. The summed E-state index contributed by atoms with van der Waals surface area (Å²) in [5, 5.41) is 21.9. The van der Waals surface area contributed by atoms with Crippen molar-refractivity contribution in [3.8, 4) is 0 Å². The number of aliphatic hydroxyl groups is 2. The Hall–Kier alpha value is -3.04. The van der Waals surface area contributed by atoms with Gasteiger partial charge in [0.15, 0.2) is 29.1 Å². The Morgan fingerprint density at radius 3 is 2.51 bits per heavy atom. The molecule has 238 valence electrons. The van der Waals surface area contributed by atoms with Crippen LogP contribution < -0.4 is 0 Å². The minimum absolute atomic E-state index is 0.0449. The Morgan fingerprint density at radius 2 is 1.82 bits per heavy atom. The van der Waals surface area contributed by atoms with Crippen molar-refractivity contribution in [2.24, 2.45) is 22.7 Å². The number of carbonyl (C=O) groups excluding carboxylic acids is 2. The number of hydrogen-bond donors (Lipinski definition) is 2. The smallest absolute Gasteiger partial charge is 0.193 e. The fourth-order valence-electron chi connectivity index (χ4n) is 9.79. The first-order valence-electron chi connectivity index (χ1n) is 15.9. The maximum atomic E-state index is 17.6. The van der Waals surface area contributed by atoms with Gasteiger partial charge in [-0.05, 0) is 67.9 Å². The van der Waals surface area contributed by atoms with Gasteiger partial charge in [-0.2, -0.15) is 0 Å². The van der Waals surface area contributed by atoms with Crippen LogP contribution in [0.3, 0.4) is 0 Å². The molecule has 1 heterocycles. The maximum Gasteiger partial charge on any atom is 0.193 e. The fraction of sp³-hybridized carbons (Fsp3) is 0.514. The minimum atomic E-state index is -2.28. The molecule has 3 saturated carbocycles. The van der Waals surface area contributed by atoms with Gasteiger partial charge in [-0.25, -0.2) is 8.78 Å². The van der Waals surface area contributed by atoms with Crippen molar-refractivity contribution in [3.63, 3.8) is 0 Å². The lowest BCUT2D eigenvalue weighted by Gasteiger charge is -2.63. The van der Waals surface area contributed by atoms with Crippen LogP contribution >= 0.6 is 0 Å². The molecule has 0 bridgehead atoms. The molecule has 6 nitrogen and oxygen atoms in total. The number of Topliss-reactive ketones (excluding diaryl/α,β-unsaturated/α-hetero) is 1. The van der Waals surface area contributed by atoms with E-state index in [9.17, 15) is 19.8 Å². The van der Waals surface area contributed by atoms with Gasteiger partial charge in [0.25, 0.3) is 0 Å². The predicted octanol–water partition coefficient (Wildman–Crippen LogP) is 5.79. The van der Waals surface area contributed by atoms with Gasteiger partial charge in [0.05, 0.1) is 12.2 Å². The molecule has 2 N–H and O–H groups in total. The highest BCUT2D eigenvalue weighted by atomic mass is 19.1.